The molecule has 126 heavy (non-hydrogen) atoms. The molecule has 18 aromatic carbocycles. The number of nitrogens with zero attached hydrogens (tertiary/aromatic N) is 4. The number of rotatable bonds is 12. The zero-order chi connectivity index (χ0) is 82.9. The Balaban J connectivity index is 0.000000137. The van der Waals surface area contributed by atoms with Crippen LogP contribution in [0.2, 0.25) is 0 Å². The molecule has 0 aliphatic carbocycles. The Bertz CT molecular complexity index is 7970. The van der Waals surface area contributed by atoms with Crippen molar-refractivity contribution in [3.05, 3.63) is 413 Å². The summed E-state index contributed by atoms with van der Waals surface area (Å²) in [5, 5.41) is 15.7. The average Bonchev–Trinajstić information content (AvgIpc) is 1.54. The van der Waals surface area contributed by atoms with Gasteiger partial charge in [-0.1, -0.05) is 328 Å². The fourth-order valence-electron chi connectivity index (χ4n) is 18.3. The van der Waals surface area contributed by atoms with Gasteiger partial charge >= 0.3 is 0 Å². The van der Waals surface area contributed by atoms with Gasteiger partial charge in [0.25, 0.3) is 0 Å². The first kappa shape index (κ1) is 74.1. The van der Waals surface area contributed by atoms with Gasteiger partial charge in [0.15, 0.2) is 11.6 Å². The van der Waals surface area contributed by atoms with Crippen molar-refractivity contribution in [2.45, 2.75) is 0 Å². The van der Waals surface area contributed by atoms with E-state index in [1.807, 2.05) is 68.0 Å². The molecule has 26 aromatic rings. The number of hydrogen-bond acceptors (Lipinski definition) is 10. The lowest BCUT2D eigenvalue weighted by Crippen LogP contribution is -1.96. The molecule has 0 N–H and O–H groups in total. The first-order valence-electron chi connectivity index (χ1n) is 42.2. The number of thiophene rings is 6. The first-order valence-corrected chi connectivity index (χ1v) is 47.1. The van der Waals surface area contributed by atoms with Crippen LogP contribution in [0.5, 0.6) is 0 Å². The van der Waals surface area contributed by atoms with E-state index in [2.05, 4.69) is 413 Å². The standard InChI is InChI=1S/2C58H34N2S3/c1-4-19-52-44(10-1)47-16-7-13-41(55(47)61-52)35-22-28-38(29-23-35)50-34-51(39-30-24-36(25-31-39)42-14-8-17-48-45-11-2-5-20-53(45)62-56(42)48)60-58(59-50)40-32-26-37(27-33-40)43-15-9-18-49-46-12-3-6-21-54(46)63-57(43)49;1-4-10-52-44(7-1)47-31-41(25-28-55(47)61-52)35-13-19-38(20-14-35)50-34-51(39-21-15-36(16-22-39)42-26-29-56-48(32-42)45-8-2-5-11-53(45)62-56)60-58(59-50)40-23-17-37(18-24-40)43-27-30-57-49(33-43)46-9-3-6-12-54(46)63-57/h2*1-34H. The molecule has 8 heterocycles. The van der Waals surface area contributed by atoms with Crippen molar-refractivity contribution in [2.24, 2.45) is 0 Å². The van der Waals surface area contributed by atoms with E-state index < -0.39 is 0 Å². The predicted octanol–water partition coefficient (Wildman–Crippen LogP) is 35.2. The number of fused-ring (bicyclic) bond motifs is 18. The molecule has 4 nitrogen and oxygen atoms in total. The molecule has 0 fully saturated rings. The molecule has 0 spiro atoms. The van der Waals surface area contributed by atoms with Crippen LogP contribution in [-0.4, -0.2) is 19.9 Å². The summed E-state index contributed by atoms with van der Waals surface area (Å²) in [6.45, 7) is 0. The molecule has 0 saturated carbocycles. The van der Waals surface area contributed by atoms with Crippen LogP contribution in [-0.2, 0) is 0 Å². The summed E-state index contributed by atoms with van der Waals surface area (Å²) >= 11 is 11.1. The Labute approximate surface area is 749 Å². The van der Waals surface area contributed by atoms with Crippen LogP contribution in [0.3, 0.4) is 0 Å². The molecular weight excluding hydrogens is 1640 g/mol. The molecule has 0 saturated heterocycles. The maximum atomic E-state index is 5.28. The molecule has 0 aliphatic heterocycles. The van der Waals surface area contributed by atoms with E-state index in [0.717, 1.165) is 56.2 Å². The monoisotopic (exact) mass is 1710 g/mol. The Morgan fingerprint density at radius 1 is 0.127 bits per heavy atom. The summed E-state index contributed by atoms with van der Waals surface area (Å²) in [6, 6.07) is 150. The van der Waals surface area contributed by atoms with Crippen molar-refractivity contribution in [1.29, 1.82) is 0 Å². The molecule has 0 atom stereocenters. The molecule has 588 valence electrons. The third kappa shape index (κ3) is 13.2. The average molecular weight is 1710 g/mol. The van der Waals surface area contributed by atoms with E-state index in [0.29, 0.717) is 11.6 Å². The Kier molecular flexibility index (Phi) is 18.1. The van der Waals surface area contributed by atoms with Crippen LogP contribution in [0, 0.1) is 0 Å². The summed E-state index contributed by atoms with van der Waals surface area (Å²) < 4.78 is 15.8. The van der Waals surface area contributed by atoms with Crippen molar-refractivity contribution in [3.8, 4) is 135 Å². The summed E-state index contributed by atoms with van der Waals surface area (Å²) in [4.78, 5) is 21.0. The number of benzene rings is 18. The third-order valence-corrected chi connectivity index (χ3v) is 31.9. The van der Waals surface area contributed by atoms with Crippen molar-refractivity contribution < 1.29 is 0 Å². The van der Waals surface area contributed by atoms with Crippen LogP contribution in [0.15, 0.2) is 413 Å². The van der Waals surface area contributed by atoms with E-state index >= 15 is 0 Å². The first-order chi connectivity index (χ1) is 62.3. The Hall–Kier alpha value is -14.6. The van der Waals surface area contributed by atoms with Gasteiger partial charge in [-0.3, -0.25) is 0 Å². The second-order valence-corrected chi connectivity index (χ2v) is 38.6. The van der Waals surface area contributed by atoms with Gasteiger partial charge in [0.05, 0.1) is 22.8 Å². The lowest BCUT2D eigenvalue weighted by Gasteiger charge is -2.12. The van der Waals surface area contributed by atoms with Crippen molar-refractivity contribution in [2.75, 3.05) is 0 Å². The molecule has 0 amide bonds. The second kappa shape index (κ2) is 30.7. The molecule has 10 heteroatoms. The van der Waals surface area contributed by atoms with Gasteiger partial charge in [-0.25, -0.2) is 19.9 Å². The van der Waals surface area contributed by atoms with Gasteiger partial charge in [-0.05, 0) is 152 Å². The fraction of sp³-hybridized carbons (Fsp3) is 0. The molecule has 8 aromatic heterocycles. The lowest BCUT2D eigenvalue weighted by atomic mass is 9.99. The zero-order valence-corrected chi connectivity index (χ0v) is 72.4. The molecule has 0 bridgehead atoms. The van der Waals surface area contributed by atoms with Gasteiger partial charge in [-0.15, -0.1) is 68.0 Å². The predicted molar refractivity (Wildman–Crippen MR) is 547 cm³/mol. The van der Waals surface area contributed by atoms with Gasteiger partial charge < -0.3 is 0 Å². The maximum Gasteiger partial charge on any atom is 0.160 e. The lowest BCUT2D eigenvalue weighted by molar-refractivity contribution is 1.18. The Morgan fingerprint density at radius 3 is 0.595 bits per heavy atom. The van der Waals surface area contributed by atoms with Gasteiger partial charge in [-0.2, -0.15) is 0 Å². The largest absolute Gasteiger partial charge is 0.228 e. The van der Waals surface area contributed by atoms with Crippen LogP contribution in [0.25, 0.3) is 256 Å². The van der Waals surface area contributed by atoms with Crippen molar-refractivity contribution >= 4 is 189 Å². The van der Waals surface area contributed by atoms with E-state index in [9.17, 15) is 0 Å². The maximum absolute atomic E-state index is 5.28. The minimum absolute atomic E-state index is 0.700. The topological polar surface area (TPSA) is 51.6 Å². The highest BCUT2D eigenvalue weighted by atomic mass is 32.1. The minimum atomic E-state index is 0.700. The highest BCUT2D eigenvalue weighted by molar-refractivity contribution is 7.28. The second-order valence-electron chi connectivity index (χ2n) is 32.2. The highest BCUT2D eigenvalue weighted by Gasteiger charge is 2.21. The van der Waals surface area contributed by atoms with Crippen LogP contribution < -0.4 is 0 Å². The quantitative estimate of drug-likeness (QED) is 0.122. The van der Waals surface area contributed by atoms with E-state index in [1.54, 1.807) is 0 Å². The summed E-state index contributed by atoms with van der Waals surface area (Å²) in [7, 11) is 0. The van der Waals surface area contributed by atoms with Crippen LogP contribution >= 0.6 is 68.0 Å². The van der Waals surface area contributed by atoms with Crippen molar-refractivity contribution in [3.63, 3.8) is 0 Å². The van der Waals surface area contributed by atoms with Crippen LogP contribution in [0.4, 0.5) is 0 Å². The van der Waals surface area contributed by atoms with E-state index in [-0.39, 0.29) is 0 Å². The van der Waals surface area contributed by atoms with Gasteiger partial charge in [0, 0.05) is 154 Å². The molecule has 0 unspecified atom stereocenters. The molecule has 0 aliphatic rings. The summed E-state index contributed by atoms with van der Waals surface area (Å²) in [6.07, 6.45) is 0. The molecule has 0 radical (unpaired) electrons. The molecule has 26 rings (SSSR count). The molecular formula is C116H68N4S6. The van der Waals surface area contributed by atoms with Crippen molar-refractivity contribution in [1.82, 2.24) is 19.9 Å². The Morgan fingerprint density at radius 2 is 0.325 bits per heavy atom. The smallest absolute Gasteiger partial charge is 0.160 e. The fourth-order valence-corrected chi connectivity index (χ4v) is 25.3. The normalized spacial score (nSPS) is 11.8. The number of hydrogen-bond donors (Lipinski definition) is 0. The highest BCUT2D eigenvalue weighted by Crippen LogP contribution is 2.47. The summed E-state index contributed by atoms with van der Waals surface area (Å²) in [5.41, 5.74) is 24.2. The van der Waals surface area contributed by atoms with E-state index in [1.165, 1.54) is 188 Å². The van der Waals surface area contributed by atoms with Crippen LogP contribution in [0.1, 0.15) is 0 Å². The zero-order valence-electron chi connectivity index (χ0n) is 67.5. The third-order valence-electron chi connectivity index (χ3n) is 24.7. The minimum Gasteiger partial charge on any atom is -0.228 e. The van der Waals surface area contributed by atoms with Gasteiger partial charge in [0.2, 0.25) is 0 Å². The SMILES string of the molecule is c1ccc2c(c1)sc1c(-c3ccc(-c4cc(-c5ccc(-c6cccc7c6sc6ccccc67)cc5)nc(-c5ccc(-c6cccc7c6sc6ccccc67)cc5)n4)cc3)cccc12.c1ccc2c(c1)sc1ccc(-c3ccc(-c4cc(-c5ccc(-c6ccc7sc8ccccc8c7c6)cc5)nc(-c5ccc(-c6ccc7sc8ccccc8c7c6)cc5)n4)cc3)cc12. The summed E-state index contributed by atoms with van der Waals surface area (Å²) in [5.74, 6) is 1.40. The van der Waals surface area contributed by atoms with E-state index in [4.69, 9.17) is 19.9 Å². The van der Waals surface area contributed by atoms with Gasteiger partial charge in [0.1, 0.15) is 0 Å². The number of aromatic nitrogens is 4.